The Kier molecular flexibility index (Phi) is 5.35. The number of methoxy groups -OCH3 is 1. The highest BCUT2D eigenvalue weighted by Gasteiger charge is 2.42. The second kappa shape index (κ2) is 7.24. The van der Waals surface area contributed by atoms with Crippen LogP contribution in [0.4, 0.5) is 4.79 Å². The predicted molar refractivity (Wildman–Crippen MR) is 79.5 cm³/mol. The Balaban J connectivity index is 1.85. The first-order valence-electron chi connectivity index (χ1n) is 7.13. The standard InChI is InChI=1S/C15H21N3O4/c1-21-13(19)15(17-16)7-9-18(10-8-15)14(20)22-11-12-5-3-2-4-6-12/h2-6,17H,7-11,16H2,1H3. The van der Waals surface area contributed by atoms with Gasteiger partial charge in [0.2, 0.25) is 0 Å². The lowest BCUT2D eigenvalue weighted by atomic mass is 9.88. The van der Waals surface area contributed by atoms with Crippen LogP contribution in [0.1, 0.15) is 18.4 Å². The number of nitrogens with zero attached hydrogens (tertiary/aromatic N) is 1. The van der Waals surface area contributed by atoms with Gasteiger partial charge in [-0.3, -0.25) is 10.6 Å². The number of nitrogens with one attached hydrogen (secondary N) is 1. The SMILES string of the molecule is COC(=O)C1(NN)CCN(C(=O)OCc2ccccc2)CC1. The highest BCUT2D eigenvalue weighted by atomic mass is 16.6. The molecule has 1 saturated heterocycles. The van der Waals surface area contributed by atoms with E-state index in [0.29, 0.717) is 25.9 Å². The molecule has 2 rings (SSSR count). The summed E-state index contributed by atoms with van der Waals surface area (Å²) in [5.41, 5.74) is 2.54. The monoisotopic (exact) mass is 307 g/mol. The number of carbonyl (C=O) groups excluding carboxylic acids is 2. The molecule has 0 atom stereocenters. The van der Waals surface area contributed by atoms with E-state index in [-0.39, 0.29) is 12.7 Å². The molecule has 0 unspecified atom stereocenters. The molecule has 0 spiro atoms. The fourth-order valence-corrected chi connectivity index (χ4v) is 2.48. The quantitative estimate of drug-likeness (QED) is 0.485. The maximum atomic E-state index is 12.0. The van der Waals surface area contributed by atoms with Crippen molar-refractivity contribution in [1.82, 2.24) is 10.3 Å². The molecule has 1 heterocycles. The first-order valence-corrected chi connectivity index (χ1v) is 7.13. The largest absolute Gasteiger partial charge is 0.468 e. The van der Waals surface area contributed by atoms with Gasteiger partial charge in [0.25, 0.3) is 0 Å². The molecule has 1 aliphatic rings. The van der Waals surface area contributed by atoms with Crippen LogP contribution in [0.25, 0.3) is 0 Å². The number of piperidine rings is 1. The molecule has 0 saturated carbocycles. The lowest BCUT2D eigenvalue weighted by molar-refractivity contribution is -0.150. The van der Waals surface area contributed by atoms with Crippen LogP contribution in [0.15, 0.2) is 30.3 Å². The highest BCUT2D eigenvalue weighted by Crippen LogP contribution is 2.23. The van der Waals surface area contributed by atoms with Crippen molar-refractivity contribution in [3.8, 4) is 0 Å². The smallest absolute Gasteiger partial charge is 0.410 e. The Morgan fingerprint density at radius 3 is 2.45 bits per heavy atom. The van der Waals surface area contributed by atoms with E-state index in [1.54, 1.807) is 4.90 Å². The zero-order valence-electron chi connectivity index (χ0n) is 12.6. The van der Waals surface area contributed by atoms with Crippen LogP contribution >= 0.6 is 0 Å². The molecular weight excluding hydrogens is 286 g/mol. The third-order valence-corrected chi connectivity index (χ3v) is 3.93. The van der Waals surface area contributed by atoms with Crippen molar-refractivity contribution in [2.45, 2.75) is 25.0 Å². The molecule has 0 aliphatic carbocycles. The van der Waals surface area contributed by atoms with Gasteiger partial charge in [-0.1, -0.05) is 30.3 Å². The Labute approximate surface area is 129 Å². The zero-order chi connectivity index (χ0) is 16.0. The number of esters is 1. The second-order valence-electron chi connectivity index (χ2n) is 5.25. The van der Waals surface area contributed by atoms with E-state index in [0.717, 1.165) is 5.56 Å². The van der Waals surface area contributed by atoms with E-state index < -0.39 is 11.5 Å². The topological polar surface area (TPSA) is 93.9 Å². The molecule has 7 nitrogen and oxygen atoms in total. The fourth-order valence-electron chi connectivity index (χ4n) is 2.48. The lowest BCUT2D eigenvalue weighted by Crippen LogP contribution is -2.61. The number of hydrogen-bond acceptors (Lipinski definition) is 6. The maximum Gasteiger partial charge on any atom is 0.410 e. The summed E-state index contributed by atoms with van der Waals surface area (Å²) in [6.07, 6.45) is 0.382. The number of hydrogen-bond donors (Lipinski definition) is 2. The summed E-state index contributed by atoms with van der Waals surface area (Å²) in [7, 11) is 1.32. The van der Waals surface area contributed by atoms with Gasteiger partial charge >= 0.3 is 12.1 Å². The summed E-state index contributed by atoms with van der Waals surface area (Å²) in [5, 5.41) is 0. The molecule has 120 valence electrons. The van der Waals surface area contributed by atoms with E-state index in [9.17, 15) is 9.59 Å². The second-order valence-corrected chi connectivity index (χ2v) is 5.25. The summed E-state index contributed by atoms with van der Waals surface area (Å²) in [4.78, 5) is 25.4. The van der Waals surface area contributed by atoms with Crippen molar-refractivity contribution in [3.63, 3.8) is 0 Å². The van der Waals surface area contributed by atoms with Gasteiger partial charge < -0.3 is 14.4 Å². The number of ether oxygens (including phenoxy) is 2. The predicted octanol–water partition coefficient (Wildman–Crippen LogP) is 0.794. The molecule has 0 radical (unpaired) electrons. The lowest BCUT2D eigenvalue weighted by Gasteiger charge is -2.38. The third kappa shape index (κ3) is 3.55. The van der Waals surface area contributed by atoms with Crippen molar-refractivity contribution in [2.75, 3.05) is 20.2 Å². The molecule has 0 aromatic heterocycles. The van der Waals surface area contributed by atoms with Crippen molar-refractivity contribution in [3.05, 3.63) is 35.9 Å². The minimum Gasteiger partial charge on any atom is -0.468 e. The van der Waals surface area contributed by atoms with Crippen LogP contribution in [0, 0.1) is 0 Å². The molecule has 1 aromatic rings. The van der Waals surface area contributed by atoms with Crippen LogP contribution in [0.2, 0.25) is 0 Å². The van der Waals surface area contributed by atoms with Gasteiger partial charge in [-0.05, 0) is 18.4 Å². The van der Waals surface area contributed by atoms with E-state index in [1.807, 2.05) is 30.3 Å². The van der Waals surface area contributed by atoms with E-state index in [4.69, 9.17) is 15.3 Å². The summed E-state index contributed by atoms with van der Waals surface area (Å²) in [5.74, 6) is 5.08. The number of nitrogens with two attached hydrogens (primary N) is 1. The van der Waals surface area contributed by atoms with Crippen LogP contribution in [-0.2, 0) is 20.9 Å². The summed E-state index contributed by atoms with van der Waals surface area (Å²) >= 11 is 0. The molecule has 1 fully saturated rings. The number of likely N-dealkylation sites (tertiary alicyclic amines) is 1. The Morgan fingerprint density at radius 1 is 1.27 bits per heavy atom. The molecule has 1 aromatic carbocycles. The minimum absolute atomic E-state index is 0.230. The molecule has 22 heavy (non-hydrogen) atoms. The summed E-state index contributed by atoms with van der Waals surface area (Å²) in [6.45, 7) is 0.993. The van der Waals surface area contributed by atoms with E-state index in [2.05, 4.69) is 5.43 Å². The van der Waals surface area contributed by atoms with E-state index >= 15 is 0 Å². The first kappa shape index (κ1) is 16.3. The molecular formula is C15H21N3O4. The van der Waals surface area contributed by atoms with Gasteiger partial charge in [-0.2, -0.15) is 0 Å². The third-order valence-electron chi connectivity index (χ3n) is 3.93. The fraction of sp³-hybridized carbons (Fsp3) is 0.467. The van der Waals surface area contributed by atoms with Crippen LogP contribution in [-0.4, -0.2) is 42.7 Å². The number of benzene rings is 1. The number of rotatable bonds is 4. The van der Waals surface area contributed by atoms with Crippen molar-refractivity contribution < 1.29 is 19.1 Å². The Morgan fingerprint density at radius 2 is 1.91 bits per heavy atom. The highest BCUT2D eigenvalue weighted by molar-refractivity contribution is 5.81. The Hall–Kier alpha value is -2.12. The number of carbonyl (C=O) groups is 2. The van der Waals surface area contributed by atoms with Gasteiger partial charge in [0.15, 0.2) is 0 Å². The van der Waals surface area contributed by atoms with Crippen molar-refractivity contribution >= 4 is 12.1 Å². The molecule has 0 bridgehead atoms. The molecule has 3 N–H and O–H groups in total. The molecule has 1 aliphatic heterocycles. The number of amides is 1. The summed E-state index contributed by atoms with van der Waals surface area (Å²) in [6, 6.07) is 9.47. The average molecular weight is 307 g/mol. The van der Waals surface area contributed by atoms with Crippen molar-refractivity contribution in [1.29, 1.82) is 0 Å². The average Bonchev–Trinajstić information content (AvgIpc) is 2.59. The summed E-state index contributed by atoms with van der Waals surface area (Å²) < 4.78 is 10.0. The van der Waals surface area contributed by atoms with Gasteiger partial charge in [0.1, 0.15) is 12.1 Å². The number of hydrazine groups is 1. The van der Waals surface area contributed by atoms with Crippen LogP contribution < -0.4 is 11.3 Å². The van der Waals surface area contributed by atoms with Gasteiger partial charge in [0.05, 0.1) is 7.11 Å². The van der Waals surface area contributed by atoms with Crippen LogP contribution in [0.3, 0.4) is 0 Å². The maximum absolute atomic E-state index is 12.0. The molecule has 1 amide bonds. The normalized spacial score (nSPS) is 16.9. The first-order chi connectivity index (χ1) is 10.6. The Bertz CT molecular complexity index is 513. The minimum atomic E-state index is -0.926. The molecule has 7 heteroatoms. The van der Waals surface area contributed by atoms with Crippen LogP contribution in [0.5, 0.6) is 0 Å². The van der Waals surface area contributed by atoms with E-state index in [1.165, 1.54) is 7.11 Å². The zero-order valence-corrected chi connectivity index (χ0v) is 12.6. The van der Waals surface area contributed by atoms with Gasteiger partial charge in [0, 0.05) is 13.1 Å². The van der Waals surface area contributed by atoms with Gasteiger partial charge in [-0.15, -0.1) is 0 Å². The van der Waals surface area contributed by atoms with Gasteiger partial charge in [-0.25, -0.2) is 10.2 Å². The van der Waals surface area contributed by atoms with Crippen molar-refractivity contribution in [2.24, 2.45) is 5.84 Å².